The molecule has 0 saturated carbocycles. The van der Waals surface area contributed by atoms with Crippen LogP contribution in [0.5, 0.6) is 5.75 Å². The number of esters is 1. The third-order valence-electron chi connectivity index (χ3n) is 5.03. The maximum absolute atomic E-state index is 12.0. The van der Waals surface area contributed by atoms with Crippen molar-refractivity contribution in [1.29, 1.82) is 0 Å². The van der Waals surface area contributed by atoms with Crippen molar-refractivity contribution in [2.75, 3.05) is 20.3 Å². The number of nitrogens with zero attached hydrogens (tertiary/aromatic N) is 1. The molecule has 1 aromatic carbocycles. The fraction of sp³-hybridized carbons (Fsp3) is 0.583. The average molecular weight is 418 g/mol. The maximum Gasteiger partial charge on any atom is 0.335 e. The third kappa shape index (κ3) is 6.08. The lowest BCUT2D eigenvalue weighted by Gasteiger charge is -2.18. The Morgan fingerprint density at radius 1 is 1.17 bits per heavy atom. The van der Waals surface area contributed by atoms with Gasteiger partial charge >= 0.3 is 5.97 Å². The van der Waals surface area contributed by atoms with Gasteiger partial charge in [-0.15, -0.1) is 0 Å². The van der Waals surface area contributed by atoms with Crippen molar-refractivity contribution in [2.24, 2.45) is 0 Å². The average Bonchev–Trinajstić information content (AvgIpc) is 3.04. The van der Waals surface area contributed by atoms with Crippen molar-refractivity contribution >= 4 is 5.97 Å². The lowest BCUT2D eigenvalue weighted by Crippen LogP contribution is -2.28. The Hall–Kier alpha value is -2.34. The van der Waals surface area contributed by atoms with Gasteiger partial charge in [0.1, 0.15) is 11.5 Å². The van der Waals surface area contributed by atoms with Crippen LogP contribution < -0.4 is 4.74 Å². The smallest absolute Gasteiger partial charge is 0.335 e. The SMILES string of the molecule is CCO[C@@H](Cc1c(C)cc(OCCc2nc(C(C)(C)C)oc2C)cc1C)C(=O)OC. The highest BCUT2D eigenvalue weighted by Gasteiger charge is 2.23. The van der Waals surface area contributed by atoms with Crippen LogP contribution in [-0.2, 0) is 32.5 Å². The van der Waals surface area contributed by atoms with Crippen LogP contribution in [0.25, 0.3) is 0 Å². The molecule has 0 spiro atoms. The molecule has 0 aliphatic heterocycles. The first-order valence-electron chi connectivity index (χ1n) is 10.5. The van der Waals surface area contributed by atoms with Gasteiger partial charge in [-0.05, 0) is 56.5 Å². The predicted octanol–water partition coefficient (Wildman–Crippen LogP) is 4.64. The largest absolute Gasteiger partial charge is 0.493 e. The molecule has 0 N–H and O–H groups in total. The van der Waals surface area contributed by atoms with Crippen LogP contribution in [0.3, 0.4) is 0 Å². The number of oxazole rings is 1. The molecule has 2 aromatic rings. The van der Waals surface area contributed by atoms with Gasteiger partial charge in [-0.3, -0.25) is 0 Å². The molecular weight excluding hydrogens is 382 g/mol. The lowest BCUT2D eigenvalue weighted by atomic mass is 9.97. The normalized spacial score (nSPS) is 12.7. The standard InChI is InChI=1S/C24H35NO5/c1-9-28-21(22(26)27-8)14-19-15(2)12-18(13-16(19)3)29-11-10-20-17(4)30-23(25-20)24(5,6)7/h12-13,21H,9-11,14H2,1-8H3/t21-/m0/s1. The lowest BCUT2D eigenvalue weighted by molar-refractivity contribution is -0.153. The second-order valence-electron chi connectivity index (χ2n) is 8.58. The molecule has 0 radical (unpaired) electrons. The number of hydrogen-bond donors (Lipinski definition) is 0. The highest BCUT2D eigenvalue weighted by molar-refractivity contribution is 5.75. The van der Waals surface area contributed by atoms with E-state index < -0.39 is 6.10 Å². The quantitative estimate of drug-likeness (QED) is 0.554. The van der Waals surface area contributed by atoms with Crippen molar-refractivity contribution in [3.63, 3.8) is 0 Å². The highest BCUT2D eigenvalue weighted by Crippen LogP contribution is 2.26. The summed E-state index contributed by atoms with van der Waals surface area (Å²) in [6, 6.07) is 4.00. The van der Waals surface area contributed by atoms with E-state index in [0.717, 1.165) is 39.8 Å². The summed E-state index contributed by atoms with van der Waals surface area (Å²) in [5, 5.41) is 0. The monoisotopic (exact) mass is 417 g/mol. The van der Waals surface area contributed by atoms with Gasteiger partial charge in [-0.2, -0.15) is 0 Å². The number of benzene rings is 1. The van der Waals surface area contributed by atoms with Crippen LogP contribution >= 0.6 is 0 Å². The number of hydrogen-bond acceptors (Lipinski definition) is 6. The van der Waals surface area contributed by atoms with Crippen LogP contribution in [-0.4, -0.2) is 37.4 Å². The van der Waals surface area contributed by atoms with Crippen LogP contribution in [0.15, 0.2) is 16.5 Å². The first-order valence-corrected chi connectivity index (χ1v) is 10.5. The van der Waals surface area contributed by atoms with Crippen molar-refractivity contribution in [3.8, 4) is 5.75 Å². The number of ether oxygens (including phenoxy) is 3. The van der Waals surface area contributed by atoms with E-state index in [1.165, 1.54) is 7.11 Å². The second kappa shape index (κ2) is 10.1. The number of methoxy groups -OCH3 is 1. The Labute approximate surface area is 179 Å². The molecule has 30 heavy (non-hydrogen) atoms. The zero-order valence-corrected chi connectivity index (χ0v) is 19.5. The first-order chi connectivity index (χ1) is 14.1. The Bertz CT molecular complexity index is 840. The van der Waals surface area contributed by atoms with E-state index in [1.807, 2.05) is 39.8 Å². The summed E-state index contributed by atoms with van der Waals surface area (Å²) in [5.41, 5.74) is 4.02. The Morgan fingerprint density at radius 2 is 1.80 bits per heavy atom. The van der Waals surface area contributed by atoms with E-state index in [4.69, 9.17) is 18.6 Å². The van der Waals surface area contributed by atoms with Gasteiger partial charge in [0.2, 0.25) is 0 Å². The Morgan fingerprint density at radius 3 is 2.30 bits per heavy atom. The summed E-state index contributed by atoms with van der Waals surface area (Å²) in [6.45, 7) is 15.1. The number of rotatable bonds is 9. The molecule has 1 heterocycles. The molecule has 0 amide bonds. The molecule has 1 aromatic heterocycles. The Balaban J connectivity index is 2.05. The van der Waals surface area contributed by atoms with Gasteiger partial charge in [0.15, 0.2) is 12.0 Å². The van der Waals surface area contributed by atoms with Gasteiger partial charge in [0, 0.05) is 24.9 Å². The van der Waals surface area contributed by atoms with E-state index >= 15 is 0 Å². The van der Waals surface area contributed by atoms with Crippen LogP contribution in [0.1, 0.15) is 61.7 Å². The minimum Gasteiger partial charge on any atom is -0.493 e. The second-order valence-corrected chi connectivity index (χ2v) is 8.58. The topological polar surface area (TPSA) is 70.8 Å². The van der Waals surface area contributed by atoms with Gasteiger partial charge in [-0.25, -0.2) is 9.78 Å². The van der Waals surface area contributed by atoms with E-state index in [9.17, 15) is 4.79 Å². The third-order valence-corrected chi connectivity index (χ3v) is 5.03. The number of carbonyl (C=O) groups excluding carboxylic acids is 1. The van der Waals surface area contributed by atoms with Crippen LogP contribution in [0, 0.1) is 20.8 Å². The van der Waals surface area contributed by atoms with Crippen molar-refractivity contribution in [3.05, 3.63) is 46.2 Å². The molecule has 0 saturated heterocycles. The van der Waals surface area contributed by atoms with Gasteiger partial charge < -0.3 is 18.6 Å². The summed E-state index contributed by atoms with van der Waals surface area (Å²) < 4.78 is 22.2. The summed E-state index contributed by atoms with van der Waals surface area (Å²) in [5.74, 6) is 2.04. The van der Waals surface area contributed by atoms with Crippen molar-refractivity contribution in [2.45, 2.75) is 72.8 Å². The van der Waals surface area contributed by atoms with E-state index in [2.05, 4.69) is 25.8 Å². The number of aryl methyl sites for hydroxylation is 3. The Kier molecular flexibility index (Phi) is 8.07. The first kappa shape index (κ1) is 23.9. The van der Waals surface area contributed by atoms with Gasteiger partial charge in [0.05, 0.1) is 19.4 Å². The zero-order chi connectivity index (χ0) is 22.5. The van der Waals surface area contributed by atoms with E-state index in [-0.39, 0.29) is 11.4 Å². The maximum atomic E-state index is 12.0. The van der Waals surface area contributed by atoms with Crippen molar-refractivity contribution < 1.29 is 23.4 Å². The molecule has 1 atom stereocenters. The van der Waals surface area contributed by atoms with Crippen LogP contribution in [0.2, 0.25) is 0 Å². The molecule has 166 valence electrons. The highest BCUT2D eigenvalue weighted by atomic mass is 16.6. The van der Waals surface area contributed by atoms with E-state index in [0.29, 0.717) is 26.1 Å². The predicted molar refractivity (Wildman–Crippen MR) is 116 cm³/mol. The zero-order valence-electron chi connectivity index (χ0n) is 19.5. The van der Waals surface area contributed by atoms with Crippen molar-refractivity contribution in [1.82, 2.24) is 4.98 Å². The molecule has 6 heteroatoms. The summed E-state index contributed by atoms with van der Waals surface area (Å²) in [4.78, 5) is 16.6. The molecule has 0 aliphatic carbocycles. The van der Waals surface area contributed by atoms with E-state index in [1.54, 1.807) is 0 Å². The fourth-order valence-electron chi connectivity index (χ4n) is 3.33. The molecule has 0 fully saturated rings. The van der Waals surface area contributed by atoms with Gasteiger partial charge in [-0.1, -0.05) is 20.8 Å². The summed E-state index contributed by atoms with van der Waals surface area (Å²) >= 11 is 0. The summed E-state index contributed by atoms with van der Waals surface area (Å²) in [7, 11) is 1.38. The van der Waals surface area contributed by atoms with Crippen LogP contribution in [0.4, 0.5) is 0 Å². The molecule has 0 bridgehead atoms. The summed E-state index contributed by atoms with van der Waals surface area (Å²) in [6.07, 6.45) is 0.558. The minimum atomic E-state index is -0.601. The molecule has 2 rings (SSSR count). The molecule has 6 nitrogen and oxygen atoms in total. The molecule has 0 unspecified atom stereocenters. The molecule has 0 aliphatic rings. The molecular formula is C24H35NO5. The fourth-order valence-corrected chi connectivity index (χ4v) is 3.33. The number of carbonyl (C=O) groups is 1. The minimum absolute atomic E-state index is 0.114. The van der Waals surface area contributed by atoms with Gasteiger partial charge in [0.25, 0.3) is 0 Å². The number of aromatic nitrogens is 1.